The molecule has 0 bridgehead atoms. The van der Waals surface area contributed by atoms with Crippen molar-refractivity contribution >= 4 is 39.8 Å². The van der Waals surface area contributed by atoms with E-state index in [1.807, 2.05) is 30.3 Å². The van der Waals surface area contributed by atoms with Gasteiger partial charge in [0.15, 0.2) is 15.8 Å². The van der Waals surface area contributed by atoms with Gasteiger partial charge in [-0.25, -0.2) is 8.42 Å². The monoisotopic (exact) mass is 439 g/mol. The number of benzene rings is 1. The zero-order valence-electron chi connectivity index (χ0n) is 12.5. The number of nitrogens with one attached hydrogen (secondary N) is 2. The van der Waals surface area contributed by atoms with Crippen LogP contribution in [0.25, 0.3) is 0 Å². The molecule has 0 radical (unpaired) electrons. The van der Waals surface area contributed by atoms with E-state index in [0.717, 1.165) is 5.75 Å². The van der Waals surface area contributed by atoms with Gasteiger partial charge in [0.05, 0.1) is 18.1 Å². The third-order valence-electron chi connectivity index (χ3n) is 3.20. The first kappa shape index (κ1) is 19.0. The van der Waals surface area contributed by atoms with E-state index in [4.69, 9.17) is 4.74 Å². The summed E-state index contributed by atoms with van der Waals surface area (Å²) in [5.74, 6) is 1.85. The SMILES string of the molecule is CN=C(NCCOc1ccccc1)NC1CCS(=O)(=O)C1.I. The smallest absolute Gasteiger partial charge is 0.191 e. The van der Waals surface area contributed by atoms with Gasteiger partial charge in [0.2, 0.25) is 0 Å². The van der Waals surface area contributed by atoms with Crippen molar-refractivity contribution in [2.24, 2.45) is 4.99 Å². The molecule has 1 saturated heterocycles. The largest absolute Gasteiger partial charge is 0.492 e. The maximum atomic E-state index is 11.4. The molecular weight excluding hydrogens is 417 g/mol. The molecule has 1 fully saturated rings. The predicted molar refractivity (Wildman–Crippen MR) is 98.9 cm³/mol. The number of sulfone groups is 1. The highest BCUT2D eigenvalue weighted by Gasteiger charge is 2.28. The number of nitrogens with zero attached hydrogens (tertiary/aromatic N) is 1. The lowest BCUT2D eigenvalue weighted by Crippen LogP contribution is -2.45. The quantitative estimate of drug-likeness (QED) is 0.310. The van der Waals surface area contributed by atoms with E-state index in [9.17, 15) is 8.42 Å². The van der Waals surface area contributed by atoms with E-state index < -0.39 is 9.84 Å². The van der Waals surface area contributed by atoms with Crippen molar-refractivity contribution in [3.8, 4) is 5.75 Å². The molecule has 1 aromatic rings. The summed E-state index contributed by atoms with van der Waals surface area (Å²) in [6.07, 6.45) is 0.629. The van der Waals surface area contributed by atoms with E-state index in [1.54, 1.807) is 7.05 Å². The third-order valence-corrected chi connectivity index (χ3v) is 4.97. The zero-order valence-corrected chi connectivity index (χ0v) is 15.6. The first-order valence-electron chi connectivity index (χ1n) is 6.94. The summed E-state index contributed by atoms with van der Waals surface area (Å²) in [4.78, 5) is 4.09. The van der Waals surface area contributed by atoms with E-state index in [1.165, 1.54) is 0 Å². The number of aliphatic imine (C=N–C) groups is 1. The summed E-state index contributed by atoms with van der Waals surface area (Å²) in [6.45, 7) is 1.10. The van der Waals surface area contributed by atoms with Crippen molar-refractivity contribution < 1.29 is 13.2 Å². The van der Waals surface area contributed by atoms with Crippen LogP contribution in [0.1, 0.15) is 6.42 Å². The zero-order chi connectivity index (χ0) is 15.1. The van der Waals surface area contributed by atoms with Gasteiger partial charge < -0.3 is 15.4 Å². The average molecular weight is 439 g/mol. The molecule has 0 saturated carbocycles. The standard InChI is InChI=1S/C14H21N3O3S.HI/c1-15-14(17-12-7-10-21(18,19)11-12)16-8-9-20-13-5-3-2-4-6-13;/h2-6,12H,7-11H2,1H3,(H2,15,16,17);1H. The summed E-state index contributed by atoms with van der Waals surface area (Å²) in [5.41, 5.74) is 0. The maximum Gasteiger partial charge on any atom is 0.191 e. The van der Waals surface area contributed by atoms with Crippen LogP contribution in [0.4, 0.5) is 0 Å². The highest BCUT2D eigenvalue weighted by atomic mass is 127. The minimum absolute atomic E-state index is 0. The molecule has 2 N–H and O–H groups in total. The molecule has 0 aliphatic carbocycles. The number of guanidine groups is 1. The second-order valence-corrected chi connectivity index (χ2v) is 7.13. The Balaban J connectivity index is 0.00000242. The van der Waals surface area contributed by atoms with Crippen molar-refractivity contribution in [2.45, 2.75) is 12.5 Å². The van der Waals surface area contributed by atoms with Crippen LogP contribution < -0.4 is 15.4 Å². The first-order valence-corrected chi connectivity index (χ1v) is 8.77. The second kappa shape index (κ2) is 9.19. The summed E-state index contributed by atoms with van der Waals surface area (Å²) in [5, 5.41) is 6.24. The third kappa shape index (κ3) is 6.39. The highest BCUT2D eigenvalue weighted by molar-refractivity contribution is 14.0. The minimum atomic E-state index is -2.88. The summed E-state index contributed by atoms with van der Waals surface area (Å²) in [7, 11) is -1.22. The highest BCUT2D eigenvalue weighted by Crippen LogP contribution is 2.11. The maximum absolute atomic E-state index is 11.4. The molecule has 0 aromatic heterocycles. The Morgan fingerprint density at radius 1 is 1.36 bits per heavy atom. The Kier molecular flexibility index (Phi) is 7.94. The lowest BCUT2D eigenvalue weighted by molar-refractivity contribution is 0.321. The fourth-order valence-corrected chi connectivity index (χ4v) is 3.83. The fourth-order valence-electron chi connectivity index (χ4n) is 2.15. The molecule has 1 aromatic carbocycles. The van der Waals surface area contributed by atoms with Crippen molar-refractivity contribution in [3.05, 3.63) is 30.3 Å². The van der Waals surface area contributed by atoms with E-state index >= 15 is 0 Å². The predicted octanol–water partition coefficient (Wildman–Crippen LogP) is 1.04. The second-order valence-electron chi connectivity index (χ2n) is 4.90. The molecule has 0 amide bonds. The Bertz CT molecular complexity index is 578. The molecule has 8 heteroatoms. The molecule has 1 heterocycles. The lowest BCUT2D eigenvalue weighted by Gasteiger charge is -2.16. The molecule has 124 valence electrons. The number of hydrogen-bond acceptors (Lipinski definition) is 4. The van der Waals surface area contributed by atoms with E-state index in [-0.39, 0.29) is 41.5 Å². The van der Waals surface area contributed by atoms with Gasteiger partial charge in [0.25, 0.3) is 0 Å². The minimum Gasteiger partial charge on any atom is -0.492 e. The topological polar surface area (TPSA) is 79.8 Å². The van der Waals surface area contributed by atoms with Crippen LogP contribution in [0.3, 0.4) is 0 Å². The summed E-state index contributed by atoms with van der Waals surface area (Å²) >= 11 is 0. The average Bonchev–Trinajstić information content (AvgIpc) is 2.82. The van der Waals surface area contributed by atoms with Gasteiger partial charge in [-0.3, -0.25) is 4.99 Å². The Morgan fingerprint density at radius 3 is 2.68 bits per heavy atom. The first-order chi connectivity index (χ1) is 10.1. The number of ether oxygens (including phenoxy) is 1. The molecule has 0 spiro atoms. The van der Waals surface area contributed by atoms with Gasteiger partial charge in [-0.2, -0.15) is 0 Å². The van der Waals surface area contributed by atoms with Crippen LogP contribution in [0.5, 0.6) is 5.75 Å². The van der Waals surface area contributed by atoms with Gasteiger partial charge in [-0.1, -0.05) is 18.2 Å². The normalized spacial score (nSPS) is 20.0. The number of para-hydroxylation sites is 1. The van der Waals surface area contributed by atoms with Gasteiger partial charge in [-0.05, 0) is 18.6 Å². The van der Waals surface area contributed by atoms with Gasteiger partial charge in [0.1, 0.15) is 12.4 Å². The number of halogens is 1. The lowest BCUT2D eigenvalue weighted by atomic mass is 10.3. The van der Waals surface area contributed by atoms with Gasteiger partial charge in [0, 0.05) is 13.1 Å². The Labute approximate surface area is 148 Å². The molecule has 1 aliphatic rings. The number of hydrogen-bond donors (Lipinski definition) is 2. The summed E-state index contributed by atoms with van der Waals surface area (Å²) < 4.78 is 28.4. The summed E-state index contributed by atoms with van der Waals surface area (Å²) in [6, 6.07) is 9.52. The fraction of sp³-hybridized carbons (Fsp3) is 0.500. The Morgan fingerprint density at radius 2 is 2.09 bits per heavy atom. The van der Waals surface area contributed by atoms with Crippen LogP contribution >= 0.6 is 24.0 Å². The molecule has 22 heavy (non-hydrogen) atoms. The molecule has 1 unspecified atom stereocenters. The van der Waals surface area contributed by atoms with Crippen LogP contribution in [-0.2, 0) is 9.84 Å². The van der Waals surface area contributed by atoms with Crippen molar-refractivity contribution in [3.63, 3.8) is 0 Å². The van der Waals surface area contributed by atoms with Gasteiger partial charge in [-0.15, -0.1) is 24.0 Å². The molecule has 2 rings (SSSR count). The molecule has 1 atom stereocenters. The molecule has 6 nitrogen and oxygen atoms in total. The van der Waals surface area contributed by atoms with Crippen molar-refractivity contribution in [1.29, 1.82) is 0 Å². The van der Waals surface area contributed by atoms with Crippen molar-refractivity contribution in [2.75, 3.05) is 31.7 Å². The molecule has 1 aliphatic heterocycles. The van der Waals surface area contributed by atoms with E-state index in [0.29, 0.717) is 25.5 Å². The van der Waals surface area contributed by atoms with Crippen LogP contribution in [0, 0.1) is 0 Å². The van der Waals surface area contributed by atoms with Gasteiger partial charge >= 0.3 is 0 Å². The Hall–Kier alpha value is -1.03. The number of rotatable bonds is 5. The van der Waals surface area contributed by atoms with Crippen LogP contribution in [-0.4, -0.2) is 52.1 Å². The molecular formula is C14H22IN3O3S. The van der Waals surface area contributed by atoms with Crippen LogP contribution in [0.2, 0.25) is 0 Å². The van der Waals surface area contributed by atoms with Crippen molar-refractivity contribution in [1.82, 2.24) is 10.6 Å². The van der Waals surface area contributed by atoms with E-state index in [2.05, 4.69) is 15.6 Å². The van der Waals surface area contributed by atoms with Crippen LogP contribution in [0.15, 0.2) is 35.3 Å².